The number of fused-ring (bicyclic) bond motifs is 2. The van der Waals surface area contributed by atoms with E-state index in [1.807, 2.05) is 18.2 Å². The van der Waals surface area contributed by atoms with Crippen LogP contribution in [0.4, 0.5) is 0 Å². The van der Waals surface area contributed by atoms with Gasteiger partial charge >= 0.3 is 5.69 Å². The first kappa shape index (κ1) is 17.6. The molecule has 2 bridgehead atoms. The molecular formula is C17H18BrN3O5. The molecule has 0 aliphatic carbocycles. The highest BCUT2D eigenvalue weighted by atomic mass is 79.9. The van der Waals surface area contributed by atoms with Gasteiger partial charge in [0.1, 0.15) is 11.7 Å². The summed E-state index contributed by atoms with van der Waals surface area (Å²) >= 11 is 3.49. The second-order valence-electron chi connectivity index (χ2n) is 6.68. The fourth-order valence-electron chi connectivity index (χ4n) is 3.78. The van der Waals surface area contributed by atoms with Gasteiger partial charge in [-0.3, -0.25) is 14.3 Å². The first-order valence-corrected chi connectivity index (χ1v) is 8.92. The van der Waals surface area contributed by atoms with Gasteiger partial charge in [0.15, 0.2) is 11.8 Å². The molecule has 138 valence electrons. The molecule has 1 aromatic carbocycles. The van der Waals surface area contributed by atoms with Crippen molar-refractivity contribution in [1.82, 2.24) is 9.55 Å². The molecule has 1 aromatic heterocycles. The highest BCUT2D eigenvalue weighted by Gasteiger charge is 2.71. The molecule has 8 nitrogen and oxygen atoms in total. The lowest BCUT2D eigenvalue weighted by molar-refractivity contribution is -0.212. The lowest BCUT2D eigenvalue weighted by Crippen LogP contribution is -2.47. The Hall–Kier alpha value is -1.78. The van der Waals surface area contributed by atoms with Crippen LogP contribution in [0.25, 0.3) is 0 Å². The second kappa shape index (κ2) is 5.86. The maximum absolute atomic E-state index is 12.5. The van der Waals surface area contributed by atoms with Crippen molar-refractivity contribution >= 4 is 15.9 Å². The maximum atomic E-state index is 12.5. The zero-order chi connectivity index (χ0) is 18.7. The van der Waals surface area contributed by atoms with Crippen molar-refractivity contribution in [2.24, 2.45) is 5.73 Å². The number of halogens is 1. The van der Waals surface area contributed by atoms with E-state index in [0.29, 0.717) is 15.6 Å². The smallest absolute Gasteiger partial charge is 0.330 e. The molecule has 2 aliphatic heterocycles. The van der Waals surface area contributed by atoms with E-state index in [1.54, 1.807) is 13.0 Å². The number of aliphatic hydroxyl groups excluding tert-OH is 1. The third-order valence-electron chi connectivity index (χ3n) is 5.21. The average Bonchev–Trinajstić information content (AvgIpc) is 3.05. The molecule has 0 amide bonds. The van der Waals surface area contributed by atoms with Crippen molar-refractivity contribution in [2.75, 3.05) is 13.2 Å². The van der Waals surface area contributed by atoms with Crippen molar-refractivity contribution < 1.29 is 14.6 Å². The van der Waals surface area contributed by atoms with Gasteiger partial charge in [0.05, 0.1) is 6.61 Å². The number of aliphatic hydroxyl groups is 1. The first-order valence-electron chi connectivity index (χ1n) is 8.13. The molecule has 0 radical (unpaired) electrons. The summed E-state index contributed by atoms with van der Waals surface area (Å²) in [5.74, 6) is 0. The molecule has 2 aromatic rings. The monoisotopic (exact) mass is 423 g/mol. The Kier molecular flexibility index (Phi) is 3.97. The van der Waals surface area contributed by atoms with Gasteiger partial charge in [-0.2, -0.15) is 0 Å². The minimum absolute atomic E-state index is 0.0218. The van der Waals surface area contributed by atoms with Gasteiger partial charge in [-0.05, 0) is 13.0 Å². The van der Waals surface area contributed by atoms with E-state index in [1.165, 1.54) is 10.8 Å². The number of nitrogens with two attached hydrogens (primary N) is 1. The number of hydrogen-bond donors (Lipinski definition) is 3. The number of hydrogen-bond acceptors (Lipinski definition) is 6. The molecule has 4 N–H and O–H groups in total. The molecule has 1 unspecified atom stereocenters. The van der Waals surface area contributed by atoms with Crippen LogP contribution < -0.4 is 17.0 Å². The Morgan fingerprint density at radius 3 is 2.85 bits per heavy atom. The number of benzene rings is 1. The summed E-state index contributed by atoms with van der Waals surface area (Å²) in [5, 5.41) is 11.1. The molecule has 3 heterocycles. The van der Waals surface area contributed by atoms with Gasteiger partial charge in [-0.25, -0.2) is 4.79 Å². The number of H-pyrrole nitrogens is 1. The van der Waals surface area contributed by atoms with Crippen LogP contribution in [0.2, 0.25) is 0 Å². The van der Waals surface area contributed by atoms with Crippen molar-refractivity contribution in [2.45, 2.75) is 30.5 Å². The summed E-state index contributed by atoms with van der Waals surface area (Å²) in [7, 11) is 0. The Bertz CT molecular complexity index is 989. The predicted octanol–water partition coefficient (Wildman–Crippen LogP) is 0.120. The molecule has 2 fully saturated rings. The molecule has 0 spiro atoms. The van der Waals surface area contributed by atoms with E-state index in [0.717, 1.165) is 0 Å². The summed E-state index contributed by atoms with van der Waals surface area (Å²) in [5.41, 5.74) is 3.27. The lowest BCUT2D eigenvalue weighted by Gasteiger charge is -2.37. The van der Waals surface area contributed by atoms with Gasteiger partial charge in [0.25, 0.3) is 5.56 Å². The van der Waals surface area contributed by atoms with Crippen LogP contribution in [0.15, 0.2) is 44.5 Å². The normalized spacial score (nSPS) is 32.9. The third kappa shape index (κ3) is 2.15. The van der Waals surface area contributed by atoms with E-state index in [-0.39, 0.29) is 13.2 Å². The lowest BCUT2D eigenvalue weighted by atomic mass is 9.84. The number of aromatic nitrogens is 2. The number of rotatable bonds is 3. The van der Waals surface area contributed by atoms with Crippen molar-refractivity contribution in [1.29, 1.82) is 0 Å². The molecule has 4 atom stereocenters. The molecule has 0 saturated carbocycles. The quantitative estimate of drug-likeness (QED) is 0.644. The van der Waals surface area contributed by atoms with Gasteiger partial charge in [-0.1, -0.05) is 34.1 Å². The minimum Gasteiger partial charge on any atom is -0.386 e. The number of nitrogens with zero attached hydrogens (tertiary/aromatic N) is 1. The Morgan fingerprint density at radius 2 is 2.15 bits per heavy atom. The highest BCUT2D eigenvalue weighted by Crippen LogP contribution is 2.58. The molecule has 26 heavy (non-hydrogen) atoms. The van der Waals surface area contributed by atoms with E-state index in [2.05, 4.69) is 20.9 Å². The molecule has 2 aliphatic rings. The first-order chi connectivity index (χ1) is 12.4. The van der Waals surface area contributed by atoms with E-state index in [4.69, 9.17) is 15.2 Å². The van der Waals surface area contributed by atoms with Crippen LogP contribution in [0, 0.1) is 6.92 Å². The van der Waals surface area contributed by atoms with Crippen LogP contribution in [-0.2, 0) is 15.1 Å². The zero-order valence-electron chi connectivity index (χ0n) is 13.9. The summed E-state index contributed by atoms with van der Waals surface area (Å²) in [6, 6.07) is 7.26. The number of aromatic amines is 1. The molecule has 9 heteroatoms. The van der Waals surface area contributed by atoms with Crippen LogP contribution in [0.3, 0.4) is 0 Å². The summed E-state index contributed by atoms with van der Waals surface area (Å²) < 4.78 is 14.1. The number of aryl methyl sites for hydroxylation is 1. The van der Waals surface area contributed by atoms with Crippen LogP contribution in [0.5, 0.6) is 0 Å². The SMILES string of the molecule is Cc1cn([C@@H]2O[C@@]3(CN)COC2(c2ccccc2Br)[C@@H]3O)c(=O)[nH]c1=O. The third-order valence-corrected chi connectivity index (χ3v) is 5.90. The summed E-state index contributed by atoms with van der Waals surface area (Å²) in [4.78, 5) is 26.5. The number of nitrogens with one attached hydrogen (secondary N) is 1. The van der Waals surface area contributed by atoms with Gasteiger partial charge in [-0.15, -0.1) is 0 Å². The second-order valence-corrected chi connectivity index (χ2v) is 7.54. The fourth-order valence-corrected chi connectivity index (χ4v) is 4.38. The Labute approximate surface area is 156 Å². The van der Waals surface area contributed by atoms with E-state index in [9.17, 15) is 14.7 Å². The van der Waals surface area contributed by atoms with Crippen LogP contribution in [-0.4, -0.2) is 39.5 Å². The molecule has 2 saturated heterocycles. The van der Waals surface area contributed by atoms with Crippen LogP contribution in [0.1, 0.15) is 17.4 Å². The van der Waals surface area contributed by atoms with Crippen LogP contribution >= 0.6 is 15.9 Å². The van der Waals surface area contributed by atoms with E-state index >= 15 is 0 Å². The predicted molar refractivity (Wildman–Crippen MR) is 95.7 cm³/mol. The highest BCUT2D eigenvalue weighted by molar-refractivity contribution is 9.10. The van der Waals surface area contributed by atoms with Crippen molar-refractivity contribution in [3.8, 4) is 0 Å². The van der Waals surface area contributed by atoms with Crippen molar-refractivity contribution in [3.63, 3.8) is 0 Å². The molecule has 4 rings (SSSR count). The topological polar surface area (TPSA) is 120 Å². The van der Waals surface area contributed by atoms with Gasteiger partial charge in [0.2, 0.25) is 0 Å². The zero-order valence-corrected chi connectivity index (χ0v) is 15.5. The van der Waals surface area contributed by atoms with Gasteiger partial charge < -0.3 is 20.3 Å². The average molecular weight is 424 g/mol. The number of ether oxygens (including phenoxy) is 2. The minimum atomic E-state index is -1.34. The Morgan fingerprint density at radius 1 is 1.42 bits per heavy atom. The van der Waals surface area contributed by atoms with E-state index < -0.39 is 34.8 Å². The maximum Gasteiger partial charge on any atom is 0.330 e. The standard InChI is InChI=1S/C17H18BrN3O5/c1-9-6-21(15(24)20-12(9)22)14-17(10-4-2-3-5-11(10)18)13(23)16(7-19,26-14)8-25-17/h2-6,13-14,23H,7-8,19H2,1H3,(H,20,22,24)/t13-,14-,16+,17?/m1/s1. The molecular weight excluding hydrogens is 406 g/mol. The Balaban J connectivity index is 1.98. The largest absolute Gasteiger partial charge is 0.386 e. The van der Waals surface area contributed by atoms with Gasteiger partial charge in [0, 0.05) is 28.3 Å². The summed E-state index contributed by atoms with van der Waals surface area (Å²) in [6.07, 6.45) is -0.676. The van der Waals surface area contributed by atoms with Crippen molar-refractivity contribution in [3.05, 3.63) is 66.9 Å². The fraction of sp³-hybridized carbons (Fsp3) is 0.412. The summed E-state index contributed by atoms with van der Waals surface area (Å²) in [6.45, 7) is 1.70.